The number of benzene rings is 2. The van der Waals surface area contributed by atoms with E-state index in [2.05, 4.69) is 55.0 Å². The lowest BCUT2D eigenvalue weighted by Crippen LogP contribution is -2.45. The molecule has 0 bridgehead atoms. The summed E-state index contributed by atoms with van der Waals surface area (Å²) < 4.78 is 0. The van der Waals surface area contributed by atoms with E-state index >= 15 is 0 Å². The van der Waals surface area contributed by atoms with Crippen molar-refractivity contribution in [2.24, 2.45) is 4.99 Å². The summed E-state index contributed by atoms with van der Waals surface area (Å²) in [7, 11) is 0. The molecular formula is C26H27Cl2N3OS. The summed E-state index contributed by atoms with van der Waals surface area (Å²) in [4.78, 5) is 20.2. The fraction of sp³-hybridized carbons (Fsp3) is 0.308. The van der Waals surface area contributed by atoms with E-state index in [0.29, 0.717) is 20.1 Å². The Morgan fingerprint density at radius 3 is 2.67 bits per heavy atom. The number of fused-ring (bicyclic) bond motifs is 1. The molecule has 172 valence electrons. The number of aliphatic imine (C=N–C) groups is 1. The maximum atomic E-state index is 12.6. The fourth-order valence-corrected chi connectivity index (χ4v) is 5.50. The smallest absolute Gasteiger partial charge is 0.264 e. The summed E-state index contributed by atoms with van der Waals surface area (Å²) in [6.45, 7) is 11.7. The van der Waals surface area contributed by atoms with Gasteiger partial charge < -0.3 is 10.2 Å². The second kappa shape index (κ2) is 9.21. The molecule has 1 saturated heterocycles. The van der Waals surface area contributed by atoms with Gasteiger partial charge in [-0.3, -0.25) is 4.79 Å². The van der Waals surface area contributed by atoms with Gasteiger partial charge in [0.1, 0.15) is 0 Å². The summed E-state index contributed by atoms with van der Waals surface area (Å²) in [6, 6.07) is 9.63. The molecule has 33 heavy (non-hydrogen) atoms. The number of hydrogen-bond donors (Lipinski definition) is 1. The molecule has 0 unspecified atom stereocenters. The number of halogens is 2. The predicted molar refractivity (Wildman–Crippen MR) is 144 cm³/mol. The highest BCUT2D eigenvalue weighted by Crippen LogP contribution is 2.42. The average Bonchev–Trinajstić information content (AvgIpc) is 3.07. The summed E-state index contributed by atoms with van der Waals surface area (Å²) in [6.07, 6.45) is 5.18. The summed E-state index contributed by atoms with van der Waals surface area (Å²) >= 11 is 14.1. The first kappa shape index (κ1) is 23.9. The van der Waals surface area contributed by atoms with Gasteiger partial charge in [-0.1, -0.05) is 42.3 Å². The van der Waals surface area contributed by atoms with Crippen molar-refractivity contribution in [2.45, 2.75) is 46.6 Å². The van der Waals surface area contributed by atoms with Crippen LogP contribution in [0, 0.1) is 6.92 Å². The van der Waals surface area contributed by atoms with E-state index < -0.39 is 0 Å². The molecule has 1 amide bonds. The van der Waals surface area contributed by atoms with Crippen molar-refractivity contribution in [1.82, 2.24) is 5.32 Å². The molecule has 2 aromatic carbocycles. The van der Waals surface area contributed by atoms with Crippen LogP contribution in [-0.4, -0.2) is 23.2 Å². The lowest BCUT2D eigenvalue weighted by Gasteiger charge is -2.43. The number of amidine groups is 1. The third-order valence-electron chi connectivity index (χ3n) is 5.87. The molecule has 0 spiro atoms. The normalized spacial score (nSPS) is 19.7. The van der Waals surface area contributed by atoms with Crippen LogP contribution >= 0.6 is 35.0 Å². The van der Waals surface area contributed by atoms with E-state index in [1.807, 2.05) is 31.2 Å². The molecule has 2 aromatic rings. The molecule has 4 rings (SSSR count). The lowest BCUT2D eigenvalue weighted by atomic mass is 9.87. The molecule has 0 aromatic heterocycles. The Hall–Kier alpha value is -2.21. The van der Waals surface area contributed by atoms with Crippen LogP contribution in [0.1, 0.15) is 50.8 Å². The first-order chi connectivity index (χ1) is 15.6. The topological polar surface area (TPSA) is 44.7 Å². The highest BCUT2D eigenvalue weighted by molar-refractivity contribution is 8.18. The number of anilines is 1. The molecule has 2 aliphatic rings. The predicted octanol–water partition coefficient (Wildman–Crippen LogP) is 7.61. The van der Waals surface area contributed by atoms with Crippen molar-refractivity contribution in [1.29, 1.82) is 0 Å². The van der Waals surface area contributed by atoms with E-state index in [9.17, 15) is 4.79 Å². The Kier molecular flexibility index (Phi) is 6.68. The van der Waals surface area contributed by atoms with Crippen molar-refractivity contribution < 1.29 is 4.79 Å². The van der Waals surface area contributed by atoms with Gasteiger partial charge in [0, 0.05) is 27.8 Å². The molecule has 1 fully saturated rings. The Balaban J connectivity index is 1.69. The number of amides is 1. The zero-order valence-corrected chi connectivity index (χ0v) is 21.8. The molecule has 0 aliphatic carbocycles. The van der Waals surface area contributed by atoms with E-state index in [0.717, 1.165) is 41.0 Å². The van der Waals surface area contributed by atoms with Crippen LogP contribution in [0.2, 0.25) is 10.0 Å². The first-order valence-electron chi connectivity index (χ1n) is 11.0. The van der Waals surface area contributed by atoms with Gasteiger partial charge in [-0.25, -0.2) is 4.99 Å². The molecular weight excluding hydrogens is 473 g/mol. The number of aryl methyl sites for hydroxylation is 1. The quantitative estimate of drug-likeness (QED) is 0.440. The third kappa shape index (κ3) is 4.86. The number of nitrogens with one attached hydrogen (secondary N) is 1. The van der Waals surface area contributed by atoms with Crippen LogP contribution in [0.5, 0.6) is 0 Å². The van der Waals surface area contributed by atoms with Gasteiger partial charge >= 0.3 is 0 Å². The molecule has 2 aliphatic heterocycles. The van der Waals surface area contributed by atoms with Crippen LogP contribution in [0.3, 0.4) is 0 Å². The zero-order valence-electron chi connectivity index (χ0n) is 19.4. The maximum absolute atomic E-state index is 12.6. The van der Waals surface area contributed by atoms with Gasteiger partial charge in [-0.15, -0.1) is 0 Å². The summed E-state index contributed by atoms with van der Waals surface area (Å²) in [5.41, 5.74) is 5.94. The van der Waals surface area contributed by atoms with Crippen molar-refractivity contribution >= 4 is 69.1 Å². The van der Waals surface area contributed by atoms with Gasteiger partial charge in [-0.2, -0.15) is 0 Å². The van der Waals surface area contributed by atoms with E-state index in [1.54, 1.807) is 6.07 Å². The minimum atomic E-state index is -0.187. The molecule has 7 heteroatoms. The summed E-state index contributed by atoms with van der Waals surface area (Å²) in [5, 5.41) is 4.60. The average molecular weight is 500 g/mol. The molecule has 0 atom stereocenters. The number of thioether (sulfide) groups is 1. The number of carbonyl (C=O) groups is 1. The highest BCUT2D eigenvalue weighted by Gasteiger charge is 2.31. The number of allylic oxidation sites excluding steroid dienone is 1. The van der Waals surface area contributed by atoms with Gasteiger partial charge in [-0.05, 0) is 92.9 Å². The van der Waals surface area contributed by atoms with Gasteiger partial charge in [0.25, 0.3) is 5.91 Å². The minimum absolute atomic E-state index is 0.0819. The Labute approximate surface area is 209 Å². The van der Waals surface area contributed by atoms with E-state index in [1.165, 1.54) is 17.3 Å². The molecule has 1 N–H and O–H groups in total. The maximum Gasteiger partial charge on any atom is 0.264 e. The monoisotopic (exact) mass is 499 g/mol. The molecule has 0 saturated carbocycles. The number of rotatable bonds is 4. The number of nitrogens with zero attached hydrogens (tertiary/aromatic N) is 2. The van der Waals surface area contributed by atoms with Crippen LogP contribution < -0.4 is 10.2 Å². The molecule has 2 heterocycles. The van der Waals surface area contributed by atoms with Gasteiger partial charge in [0.2, 0.25) is 0 Å². The zero-order chi connectivity index (χ0) is 23.9. The second-order valence-electron chi connectivity index (χ2n) is 8.94. The van der Waals surface area contributed by atoms with E-state index in [4.69, 9.17) is 23.2 Å². The largest absolute Gasteiger partial charge is 0.362 e. The van der Waals surface area contributed by atoms with Crippen molar-refractivity contribution in [3.8, 4) is 0 Å². The van der Waals surface area contributed by atoms with Crippen LogP contribution in [0.15, 0.2) is 46.3 Å². The minimum Gasteiger partial charge on any atom is -0.362 e. The Bertz CT molecular complexity index is 1230. The Morgan fingerprint density at radius 2 is 1.94 bits per heavy atom. The van der Waals surface area contributed by atoms with Gasteiger partial charge in [0.05, 0.1) is 16.1 Å². The van der Waals surface area contributed by atoms with Crippen molar-refractivity contribution in [2.75, 3.05) is 11.4 Å². The standard InChI is InChI=1S/C26H27Cl2N3OS/c1-6-9-31-22-13-20(28)17(10-19(22)16(3)14-26(31,4)5)11-23-24(32)30-25(33-23)29-21-12-18(27)8-7-15(21)2/h7-8,10-14H,6,9H2,1-5H3,(H,29,30,32)/b23-11+. The highest BCUT2D eigenvalue weighted by atomic mass is 35.5. The lowest BCUT2D eigenvalue weighted by molar-refractivity contribution is -0.115. The fourth-order valence-electron chi connectivity index (χ4n) is 4.29. The first-order valence-corrected chi connectivity index (χ1v) is 12.5. The van der Waals surface area contributed by atoms with Crippen LogP contribution in [0.25, 0.3) is 11.6 Å². The van der Waals surface area contributed by atoms with Crippen molar-refractivity contribution in [3.63, 3.8) is 0 Å². The number of hydrogen-bond acceptors (Lipinski definition) is 4. The van der Waals surface area contributed by atoms with Crippen LogP contribution in [0.4, 0.5) is 11.4 Å². The molecule has 0 radical (unpaired) electrons. The van der Waals surface area contributed by atoms with E-state index in [-0.39, 0.29) is 11.4 Å². The van der Waals surface area contributed by atoms with Crippen molar-refractivity contribution in [3.05, 3.63) is 68.0 Å². The SMILES string of the molecule is CCCN1c2cc(Cl)c(/C=C3/SC(=Nc4cc(Cl)ccc4C)NC3=O)cc2C(C)=CC1(C)C. The summed E-state index contributed by atoms with van der Waals surface area (Å²) in [5.74, 6) is -0.187. The third-order valence-corrected chi connectivity index (χ3v) is 7.35. The Morgan fingerprint density at radius 1 is 1.18 bits per heavy atom. The van der Waals surface area contributed by atoms with Crippen LogP contribution in [-0.2, 0) is 4.79 Å². The van der Waals surface area contributed by atoms with Gasteiger partial charge in [0.15, 0.2) is 5.17 Å². The number of carbonyl (C=O) groups excluding carboxylic acids is 1. The molecule has 4 nitrogen and oxygen atoms in total. The second-order valence-corrected chi connectivity index (χ2v) is 10.8.